The molecule has 1 aliphatic rings. The number of anilines is 1. The first kappa shape index (κ1) is 27.8. The minimum Gasteiger partial charge on any atom is -0.508 e. The van der Waals surface area contributed by atoms with E-state index in [2.05, 4.69) is 22.8 Å². The van der Waals surface area contributed by atoms with Crippen LogP contribution in [-0.2, 0) is 22.4 Å². The number of aromatic hydroxyl groups is 1. The zero-order valence-electron chi connectivity index (χ0n) is 22.0. The Morgan fingerprint density at radius 3 is 2.56 bits per heavy atom. The second-order valence-corrected chi connectivity index (χ2v) is 10.4. The predicted octanol–water partition coefficient (Wildman–Crippen LogP) is 4.93. The Hall–Kier alpha value is -4.18. The van der Waals surface area contributed by atoms with Gasteiger partial charge >= 0.3 is 5.97 Å². The van der Waals surface area contributed by atoms with Gasteiger partial charge in [-0.05, 0) is 98.7 Å². The third-order valence-corrected chi connectivity index (χ3v) is 7.47. The van der Waals surface area contributed by atoms with E-state index in [0.29, 0.717) is 33.4 Å². The van der Waals surface area contributed by atoms with Crippen molar-refractivity contribution in [3.63, 3.8) is 0 Å². The highest BCUT2D eigenvalue weighted by molar-refractivity contribution is 7.17. The first-order valence-corrected chi connectivity index (χ1v) is 13.6. The van der Waals surface area contributed by atoms with E-state index < -0.39 is 18.0 Å². The molecule has 2 amide bonds. The number of rotatable bonds is 9. The second-order valence-electron chi connectivity index (χ2n) is 9.34. The molecule has 9 nitrogen and oxygen atoms in total. The Morgan fingerprint density at radius 2 is 1.87 bits per heavy atom. The largest absolute Gasteiger partial charge is 0.508 e. The van der Waals surface area contributed by atoms with E-state index in [0.717, 1.165) is 29.7 Å². The van der Waals surface area contributed by atoms with Gasteiger partial charge in [-0.1, -0.05) is 6.92 Å². The molecular formula is C29H31N3O6S. The van der Waals surface area contributed by atoms with Crippen molar-refractivity contribution in [1.82, 2.24) is 5.43 Å². The van der Waals surface area contributed by atoms with Crippen LogP contribution in [0.25, 0.3) is 0 Å². The first-order chi connectivity index (χ1) is 18.7. The number of nitrogens with one attached hydrogen (secondary N) is 2. The maximum Gasteiger partial charge on any atom is 0.341 e. The summed E-state index contributed by atoms with van der Waals surface area (Å²) in [4.78, 5) is 39.2. The molecule has 0 spiro atoms. The van der Waals surface area contributed by atoms with Gasteiger partial charge in [0.2, 0.25) is 0 Å². The molecule has 0 fully saturated rings. The molecule has 1 aromatic heterocycles. The van der Waals surface area contributed by atoms with Gasteiger partial charge in [0.1, 0.15) is 16.5 Å². The molecule has 2 aromatic carbocycles. The Kier molecular flexibility index (Phi) is 8.98. The van der Waals surface area contributed by atoms with Crippen molar-refractivity contribution >= 4 is 40.3 Å². The average molecular weight is 550 g/mol. The van der Waals surface area contributed by atoms with E-state index in [9.17, 15) is 19.5 Å². The summed E-state index contributed by atoms with van der Waals surface area (Å²) in [7, 11) is 0. The minimum absolute atomic E-state index is 0.142. The number of phenols is 1. The van der Waals surface area contributed by atoms with Crippen LogP contribution in [0.3, 0.4) is 0 Å². The summed E-state index contributed by atoms with van der Waals surface area (Å²) in [6.07, 6.45) is 3.27. The molecule has 4 rings (SSSR count). The molecule has 0 saturated heterocycles. The number of hydrazone groups is 1. The summed E-state index contributed by atoms with van der Waals surface area (Å²) in [5, 5.41) is 16.6. The van der Waals surface area contributed by atoms with E-state index in [1.165, 1.54) is 29.7 Å². The molecule has 204 valence electrons. The van der Waals surface area contributed by atoms with Crippen molar-refractivity contribution < 1.29 is 29.0 Å². The fraction of sp³-hybridized carbons (Fsp3) is 0.310. The number of carbonyl (C=O) groups is 3. The Balaban J connectivity index is 1.37. The predicted molar refractivity (Wildman–Crippen MR) is 150 cm³/mol. The lowest BCUT2D eigenvalue weighted by Gasteiger charge is -2.18. The highest BCUT2D eigenvalue weighted by Crippen LogP contribution is 2.40. The highest BCUT2D eigenvalue weighted by Gasteiger charge is 2.29. The number of esters is 1. The van der Waals surface area contributed by atoms with E-state index in [-0.39, 0.29) is 18.3 Å². The normalized spacial score (nSPS) is 15.3. The summed E-state index contributed by atoms with van der Waals surface area (Å²) < 4.78 is 11.0. The van der Waals surface area contributed by atoms with E-state index >= 15 is 0 Å². The van der Waals surface area contributed by atoms with E-state index in [1.807, 2.05) is 0 Å². The molecule has 3 N–H and O–H groups in total. The maximum atomic E-state index is 13.0. The molecule has 0 bridgehead atoms. The van der Waals surface area contributed by atoms with Gasteiger partial charge in [-0.15, -0.1) is 11.3 Å². The van der Waals surface area contributed by atoms with Crippen LogP contribution in [-0.4, -0.2) is 41.8 Å². The summed E-state index contributed by atoms with van der Waals surface area (Å²) in [5.41, 5.74) is 4.95. The van der Waals surface area contributed by atoms with Gasteiger partial charge in [0, 0.05) is 10.4 Å². The molecule has 1 aliphatic carbocycles. The average Bonchev–Trinajstić information content (AvgIpc) is 3.27. The summed E-state index contributed by atoms with van der Waals surface area (Å²) in [6, 6.07) is 12.8. The molecule has 3 aromatic rings. The first-order valence-electron chi connectivity index (χ1n) is 12.8. The maximum absolute atomic E-state index is 13.0. The zero-order chi connectivity index (χ0) is 27.9. The lowest BCUT2D eigenvalue weighted by Crippen LogP contribution is -2.33. The number of nitrogens with zero attached hydrogens (tertiary/aromatic N) is 1. The van der Waals surface area contributed by atoms with Crippen molar-refractivity contribution in [2.24, 2.45) is 11.0 Å². The Bertz CT molecular complexity index is 1360. The van der Waals surface area contributed by atoms with Gasteiger partial charge in [-0.3, -0.25) is 9.59 Å². The second kappa shape index (κ2) is 12.6. The standard InChI is InChI=1S/C29H31N3O6S/c1-4-37-29(36)25-23-14-5-17(2)15-24(23)39-28(25)31-27(35)20-8-12-22(13-9-20)38-18(3)26(34)32-30-16-19-6-10-21(33)11-7-19/h6-13,16-18,33H,4-5,14-15H2,1-3H3,(H,31,35)(H,32,34)/b30-16-/t17-,18+/m0/s1. The number of fused-ring (bicyclic) bond motifs is 1. The van der Waals surface area contributed by atoms with Crippen LogP contribution >= 0.6 is 11.3 Å². The summed E-state index contributed by atoms with van der Waals surface area (Å²) in [5.74, 6) is -0.143. The van der Waals surface area contributed by atoms with Crippen molar-refractivity contribution in [1.29, 1.82) is 0 Å². The van der Waals surface area contributed by atoms with Crippen molar-refractivity contribution in [2.75, 3.05) is 11.9 Å². The van der Waals surface area contributed by atoms with Gasteiger partial charge in [0.05, 0.1) is 18.4 Å². The molecule has 39 heavy (non-hydrogen) atoms. The van der Waals surface area contributed by atoms with Crippen molar-refractivity contribution in [2.45, 2.75) is 46.1 Å². The van der Waals surface area contributed by atoms with Gasteiger partial charge < -0.3 is 19.9 Å². The Labute approximate surface area is 230 Å². The molecular weight excluding hydrogens is 518 g/mol. The fourth-order valence-corrected chi connectivity index (χ4v) is 5.59. The number of benzene rings is 2. The number of thiophene rings is 1. The van der Waals surface area contributed by atoms with Crippen LogP contribution < -0.4 is 15.5 Å². The smallest absolute Gasteiger partial charge is 0.341 e. The van der Waals surface area contributed by atoms with E-state index in [1.54, 1.807) is 50.2 Å². The highest BCUT2D eigenvalue weighted by atomic mass is 32.1. The van der Waals surface area contributed by atoms with Gasteiger partial charge in [-0.25, -0.2) is 10.2 Å². The van der Waals surface area contributed by atoms with Crippen LogP contribution in [0.4, 0.5) is 5.00 Å². The molecule has 0 saturated carbocycles. The van der Waals surface area contributed by atoms with Crippen LogP contribution in [0.1, 0.15) is 63.9 Å². The van der Waals surface area contributed by atoms with Gasteiger partial charge in [-0.2, -0.15) is 5.10 Å². The van der Waals surface area contributed by atoms with Crippen molar-refractivity contribution in [3.8, 4) is 11.5 Å². The molecule has 0 unspecified atom stereocenters. The number of phenolic OH excluding ortho intramolecular Hbond substituents is 1. The fourth-order valence-electron chi connectivity index (χ4n) is 4.20. The lowest BCUT2D eigenvalue weighted by atomic mass is 9.88. The monoisotopic (exact) mass is 549 g/mol. The topological polar surface area (TPSA) is 126 Å². The number of carbonyl (C=O) groups excluding carboxylic acids is 3. The Morgan fingerprint density at radius 1 is 1.15 bits per heavy atom. The molecule has 10 heteroatoms. The van der Waals surface area contributed by atoms with E-state index in [4.69, 9.17) is 9.47 Å². The number of hydrogen-bond donors (Lipinski definition) is 3. The molecule has 1 heterocycles. The molecule has 2 atom stereocenters. The van der Waals surface area contributed by atoms with Crippen LogP contribution in [0.2, 0.25) is 0 Å². The van der Waals surface area contributed by atoms with Crippen molar-refractivity contribution in [3.05, 3.63) is 75.7 Å². The quantitative estimate of drug-likeness (QED) is 0.198. The minimum atomic E-state index is -0.839. The third-order valence-electron chi connectivity index (χ3n) is 6.30. The third kappa shape index (κ3) is 7.02. The van der Waals surface area contributed by atoms with Crippen LogP contribution in [0.15, 0.2) is 53.6 Å². The summed E-state index contributed by atoms with van der Waals surface area (Å²) >= 11 is 1.44. The molecule has 0 aliphatic heterocycles. The number of ether oxygens (including phenoxy) is 2. The van der Waals surface area contributed by atoms with Crippen LogP contribution in [0.5, 0.6) is 11.5 Å². The number of amides is 2. The zero-order valence-corrected chi connectivity index (χ0v) is 22.8. The SMILES string of the molecule is CCOC(=O)c1c(NC(=O)c2ccc(O[C@H](C)C(=O)N/N=C\c3ccc(O)cc3)cc2)sc2c1CC[C@H](C)C2. The lowest BCUT2D eigenvalue weighted by molar-refractivity contribution is -0.127. The van der Waals surface area contributed by atoms with Gasteiger partial charge in [0.15, 0.2) is 6.10 Å². The molecule has 0 radical (unpaired) electrons. The summed E-state index contributed by atoms with van der Waals surface area (Å²) in [6.45, 7) is 5.79. The van der Waals surface area contributed by atoms with Gasteiger partial charge in [0.25, 0.3) is 11.8 Å². The number of hydrogen-bond acceptors (Lipinski definition) is 8. The van der Waals surface area contributed by atoms with Crippen LogP contribution in [0, 0.1) is 5.92 Å².